The Morgan fingerprint density at radius 1 is 0.962 bits per heavy atom. The Morgan fingerprint density at radius 3 is 2.27 bits per heavy atom. The fraction of sp³-hybridized carbons (Fsp3) is 0.0455. The highest BCUT2D eigenvalue weighted by molar-refractivity contribution is 14.1. The van der Waals surface area contributed by atoms with Crippen molar-refractivity contribution >= 4 is 56.2 Å². The monoisotopic (exact) mass is 517 g/mol. The molecule has 0 saturated heterocycles. The summed E-state index contributed by atoms with van der Waals surface area (Å²) in [5, 5.41) is 0. The quantitative estimate of drug-likeness (QED) is 0.287. The number of carbonyl (C=O) groups excluding carboxylic acids is 1. The third kappa shape index (κ3) is 5.05. The van der Waals surface area contributed by atoms with Crippen LogP contribution in [0, 0.1) is 3.57 Å². The van der Waals surface area contributed by atoms with Gasteiger partial charge in [0, 0.05) is 14.1 Å². The minimum atomic E-state index is -0.0436. The van der Waals surface area contributed by atoms with Crippen molar-refractivity contribution in [1.29, 1.82) is 0 Å². The number of halogens is 2. The lowest BCUT2D eigenvalue weighted by molar-refractivity contribution is -0.114. The van der Waals surface area contributed by atoms with Gasteiger partial charge in [-0.05, 0) is 58.0 Å². The van der Waals surface area contributed by atoms with E-state index in [-0.39, 0.29) is 5.91 Å². The third-order valence-corrected chi connectivity index (χ3v) is 5.23. The zero-order chi connectivity index (χ0) is 18.4. The Labute approximate surface area is 175 Å². The maximum absolute atomic E-state index is 13.0. The fourth-order valence-corrected chi connectivity index (χ4v) is 4.17. The molecule has 0 unspecified atom stereocenters. The normalized spacial score (nSPS) is 10.8. The predicted octanol–water partition coefficient (Wildman–Crippen LogP) is 6.30. The lowest BCUT2D eigenvalue weighted by Gasteiger charge is -2.23. The van der Waals surface area contributed by atoms with Gasteiger partial charge in [0.1, 0.15) is 0 Å². The third-order valence-electron chi connectivity index (χ3n) is 3.87. The average Bonchev–Trinajstić information content (AvgIpc) is 2.66. The molecular formula is C22H17BrINO. The smallest absolute Gasteiger partial charge is 0.251 e. The van der Waals surface area contributed by atoms with Crippen LogP contribution in [0.2, 0.25) is 0 Å². The topological polar surface area (TPSA) is 20.3 Å². The van der Waals surface area contributed by atoms with Crippen LogP contribution in [-0.4, -0.2) is 5.91 Å². The van der Waals surface area contributed by atoms with E-state index in [0.717, 1.165) is 24.9 Å². The van der Waals surface area contributed by atoms with Crippen molar-refractivity contribution in [2.45, 2.75) is 6.54 Å². The van der Waals surface area contributed by atoms with E-state index in [1.807, 2.05) is 89.8 Å². The maximum atomic E-state index is 13.0. The molecule has 26 heavy (non-hydrogen) atoms. The van der Waals surface area contributed by atoms with Crippen molar-refractivity contribution in [1.82, 2.24) is 0 Å². The molecule has 0 heterocycles. The van der Waals surface area contributed by atoms with E-state index in [0.29, 0.717) is 6.54 Å². The molecule has 4 heteroatoms. The molecule has 0 aliphatic heterocycles. The molecule has 0 aliphatic carbocycles. The summed E-state index contributed by atoms with van der Waals surface area (Å²) < 4.78 is 2.02. The summed E-state index contributed by atoms with van der Waals surface area (Å²) in [4.78, 5) is 14.8. The fourth-order valence-electron chi connectivity index (χ4n) is 2.57. The molecule has 2 nitrogen and oxygen atoms in total. The molecule has 1 amide bonds. The largest absolute Gasteiger partial charge is 0.303 e. The number of anilines is 1. The van der Waals surface area contributed by atoms with Crippen LogP contribution >= 0.6 is 38.5 Å². The predicted molar refractivity (Wildman–Crippen MR) is 120 cm³/mol. The zero-order valence-corrected chi connectivity index (χ0v) is 17.7. The number of amides is 1. The maximum Gasteiger partial charge on any atom is 0.251 e. The van der Waals surface area contributed by atoms with Gasteiger partial charge in [0.25, 0.3) is 5.91 Å². The van der Waals surface area contributed by atoms with Crippen molar-refractivity contribution < 1.29 is 4.79 Å². The van der Waals surface area contributed by atoms with Gasteiger partial charge in [0.15, 0.2) is 0 Å². The van der Waals surface area contributed by atoms with Gasteiger partial charge in [-0.2, -0.15) is 0 Å². The Morgan fingerprint density at radius 2 is 1.62 bits per heavy atom. The summed E-state index contributed by atoms with van der Waals surface area (Å²) in [6.45, 7) is 0.524. The number of hydrogen-bond donors (Lipinski definition) is 0. The Bertz CT molecular complexity index is 910. The van der Waals surface area contributed by atoms with Gasteiger partial charge < -0.3 is 4.90 Å². The number of hydrogen-bond acceptors (Lipinski definition) is 1. The first-order valence-electron chi connectivity index (χ1n) is 8.17. The molecular weight excluding hydrogens is 501 g/mol. The highest BCUT2D eigenvalue weighted by atomic mass is 127. The van der Waals surface area contributed by atoms with Crippen LogP contribution in [-0.2, 0) is 11.3 Å². The lowest BCUT2D eigenvalue weighted by Crippen LogP contribution is -2.29. The van der Waals surface area contributed by atoms with E-state index in [2.05, 4.69) is 38.5 Å². The van der Waals surface area contributed by atoms with Gasteiger partial charge >= 0.3 is 0 Å². The number of nitrogens with zero attached hydrogens (tertiary/aromatic N) is 1. The minimum absolute atomic E-state index is 0.0436. The van der Waals surface area contributed by atoms with E-state index in [9.17, 15) is 4.79 Å². The van der Waals surface area contributed by atoms with Crippen LogP contribution in [0.3, 0.4) is 0 Å². The second kappa shape index (κ2) is 9.14. The van der Waals surface area contributed by atoms with Crippen molar-refractivity contribution in [3.05, 3.63) is 104 Å². The van der Waals surface area contributed by atoms with E-state index < -0.39 is 0 Å². The molecule has 0 spiro atoms. The molecule has 130 valence electrons. The van der Waals surface area contributed by atoms with Gasteiger partial charge in [-0.15, -0.1) is 0 Å². The number of carbonyl (C=O) groups is 1. The molecule has 3 rings (SSSR count). The molecule has 0 N–H and O–H groups in total. The summed E-state index contributed by atoms with van der Waals surface area (Å²) in [5.41, 5.74) is 3.00. The van der Waals surface area contributed by atoms with Gasteiger partial charge in [-0.1, -0.05) is 76.6 Å². The first-order valence-corrected chi connectivity index (χ1v) is 10.0. The molecule has 0 aromatic heterocycles. The summed E-state index contributed by atoms with van der Waals surface area (Å²) in [6.07, 6.45) is 3.49. The van der Waals surface area contributed by atoms with Crippen molar-refractivity contribution in [2.75, 3.05) is 4.90 Å². The van der Waals surface area contributed by atoms with Gasteiger partial charge in [-0.3, -0.25) is 4.79 Å². The van der Waals surface area contributed by atoms with Crippen LogP contribution in [0.4, 0.5) is 5.69 Å². The molecule has 0 bridgehead atoms. The van der Waals surface area contributed by atoms with Crippen LogP contribution in [0.1, 0.15) is 11.1 Å². The minimum Gasteiger partial charge on any atom is -0.303 e. The van der Waals surface area contributed by atoms with Crippen molar-refractivity contribution in [3.63, 3.8) is 0 Å². The number of rotatable bonds is 5. The van der Waals surface area contributed by atoms with Crippen LogP contribution in [0.15, 0.2) is 89.4 Å². The molecule has 0 atom stereocenters. The zero-order valence-electron chi connectivity index (χ0n) is 14.0. The van der Waals surface area contributed by atoms with E-state index in [1.165, 1.54) is 0 Å². The molecule has 0 aliphatic rings. The Kier molecular flexibility index (Phi) is 6.63. The van der Waals surface area contributed by atoms with E-state index in [1.54, 1.807) is 6.08 Å². The van der Waals surface area contributed by atoms with Crippen LogP contribution in [0.5, 0.6) is 0 Å². The van der Waals surface area contributed by atoms with E-state index >= 15 is 0 Å². The number of benzene rings is 3. The molecule has 3 aromatic rings. The Hall–Kier alpha value is -1.92. The highest BCUT2D eigenvalue weighted by Crippen LogP contribution is 2.28. The summed E-state index contributed by atoms with van der Waals surface area (Å²) >= 11 is 5.76. The second-order valence-corrected chi connectivity index (χ2v) is 7.83. The van der Waals surface area contributed by atoms with Crippen LogP contribution in [0.25, 0.3) is 6.08 Å². The summed E-state index contributed by atoms with van der Waals surface area (Å²) in [5.74, 6) is -0.0436. The molecule has 3 aromatic carbocycles. The molecule has 0 fully saturated rings. The van der Waals surface area contributed by atoms with Crippen molar-refractivity contribution in [2.24, 2.45) is 0 Å². The van der Waals surface area contributed by atoms with Gasteiger partial charge in [0.2, 0.25) is 0 Å². The van der Waals surface area contributed by atoms with Crippen LogP contribution < -0.4 is 4.90 Å². The first kappa shape index (κ1) is 18.9. The Balaban J connectivity index is 1.91. The second-order valence-electron chi connectivity index (χ2n) is 5.75. The average molecular weight is 518 g/mol. The standard InChI is InChI=1S/C22H17BrINO/c23-19-12-13-21(20(24)15-19)25(16-18-9-5-2-6-10-18)22(26)14-11-17-7-3-1-4-8-17/h1-15H,16H2/b14-11+. The summed E-state index contributed by atoms with van der Waals surface area (Å²) in [6, 6.07) is 25.8. The van der Waals surface area contributed by atoms with Gasteiger partial charge in [0.05, 0.1) is 12.2 Å². The first-order chi connectivity index (χ1) is 12.6. The van der Waals surface area contributed by atoms with E-state index in [4.69, 9.17) is 0 Å². The SMILES string of the molecule is O=C(/C=C/c1ccccc1)N(Cc1ccccc1)c1ccc(Br)cc1I. The van der Waals surface area contributed by atoms with Gasteiger partial charge in [-0.25, -0.2) is 0 Å². The molecule has 0 saturated carbocycles. The molecule has 0 radical (unpaired) electrons. The van der Waals surface area contributed by atoms with Crippen molar-refractivity contribution in [3.8, 4) is 0 Å². The lowest BCUT2D eigenvalue weighted by atomic mass is 10.1. The highest BCUT2D eigenvalue weighted by Gasteiger charge is 2.17. The summed E-state index contributed by atoms with van der Waals surface area (Å²) in [7, 11) is 0.